The number of carbonyl (C=O) groups is 2. The number of piperidine rings is 1. The predicted octanol–water partition coefficient (Wildman–Crippen LogP) is 3.02. The van der Waals surface area contributed by atoms with Crippen LogP contribution in [0.4, 0.5) is 9.18 Å². The molecule has 2 atom stereocenters. The minimum absolute atomic E-state index is 0.0677. The van der Waals surface area contributed by atoms with Crippen molar-refractivity contribution in [3.8, 4) is 6.07 Å². The van der Waals surface area contributed by atoms with Crippen LogP contribution in [0.3, 0.4) is 0 Å². The fourth-order valence-electron chi connectivity index (χ4n) is 5.09. The van der Waals surface area contributed by atoms with Crippen LogP contribution < -0.4 is 5.32 Å². The zero-order valence-corrected chi connectivity index (χ0v) is 22.6. The quantitative estimate of drug-likeness (QED) is 0.269. The van der Waals surface area contributed by atoms with Gasteiger partial charge in [0.05, 0.1) is 12.6 Å². The lowest BCUT2D eigenvalue weighted by atomic mass is 9.79. The van der Waals surface area contributed by atoms with E-state index in [9.17, 15) is 29.3 Å². The largest absolute Gasteiger partial charge is 0.453 e. The number of nitrogens with zero attached hydrogens (tertiary/aromatic N) is 3. The minimum Gasteiger partial charge on any atom is -0.444 e. The number of nitriles is 1. The van der Waals surface area contributed by atoms with Crippen LogP contribution in [0.15, 0.2) is 35.9 Å². The van der Waals surface area contributed by atoms with Crippen LogP contribution in [0.1, 0.15) is 58.6 Å². The van der Waals surface area contributed by atoms with Gasteiger partial charge < -0.3 is 25.0 Å². The lowest BCUT2D eigenvalue weighted by Gasteiger charge is -2.35. The molecule has 2 heterocycles. The van der Waals surface area contributed by atoms with Crippen molar-refractivity contribution in [1.82, 2.24) is 15.1 Å². The fraction of sp³-hybridized carbons (Fsp3) is 0.593. The molecule has 2 aliphatic rings. The SMILES string of the molecule is CC1(C)CCN(C(C)(C)C=C(C#N)C(=O)N2CCC[C@H](OC(=O)N[C@H](CB(O)O)c3ccc(F)cc3)C2)C1. The van der Waals surface area contributed by atoms with E-state index in [4.69, 9.17) is 4.74 Å². The summed E-state index contributed by atoms with van der Waals surface area (Å²) in [5.74, 6) is -0.842. The molecular weight excluding hydrogens is 490 g/mol. The topological polar surface area (TPSA) is 126 Å². The van der Waals surface area contributed by atoms with Crippen molar-refractivity contribution in [1.29, 1.82) is 5.26 Å². The first-order valence-corrected chi connectivity index (χ1v) is 13.1. The lowest BCUT2D eigenvalue weighted by molar-refractivity contribution is -0.129. The minimum atomic E-state index is -1.69. The van der Waals surface area contributed by atoms with E-state index in [1.165, 1.54) is 29.2 Å². The number of rotatable bonds is 8. The highest BCUT2D eigenvalue weighted by Gasteiger charge is 2.37. The molecule has 2 saturated heterocycles. The molecule has 2 aliphatic heterocycles. The number of alkyl carbamates (subject to hydrolysis) is 1. The van der Waals surface area contributed by atoms with Crippen molar-refractivity contribution in [2.24, 2.45) is 5.41 Å². The monoisotopic (exact) mass is 528 g/mol. The Morgan fingerprint density at radius 1 is 1.32 bits per heavy atom. The van der Waals surface area contributed by atoms with Gasteiger partial charge in [-0.25, -0.2) is 9.18 Å². The van der Waals surface area contributed by atoms with E-state index in [1.807, 2.05) is 13.8 Å². The molecule has 0 bridgehead atoms. The smallest absolute Gasteiger partial charge is 0.444 e. The molecule has 9 nitrogen and oxygen atoms in total. The molecule has 0 unspecified atom stereocenters. The molecule has 1 aromatic rings. The first kappa shape index (κ1) is 29.6. The molecule has 3 rings (SSSR count). The van der Waals surface area contributed by atoms with Gasteiger partial charge in [-0.05, 0) is 68.8 Å². The third-order valence-corrected chi connectivity index (χ3v) is 7.29. The Bertz CT molecular complexity index is 1070. The van der Waals surface area contributed by atoms with E-state index in [0.29, 0.717) is 24.9 Å². The molecule has 206 valence electrons. The second-order valence-corrected chi connectivity index (χ2v) is 11.5. The zero-order chi connectivity index (χ0) is 28.1. The Balaban J connectivity index is 1.63. The van der Waals surface area contributed by atoms with Crippen LogP contribution in [0.5, 0.6) is 0 Å². The zero-order valence-electron chi connectivity index (χ0n) is 22.6. The van der Waals surface area contributed by atoms with Crippen LogP contribution in [0.2, 0.25) is 6.32 Å². The van der Waals surface area contributed by atoms with E-state index in [2.05, 4.69) is 30.1 Å². The molecule has 3 N–H and O–H groups in total. The normalized spacial score (nSPS) is 20.9. The summed E-state index contributed by atoms with van der Waals surface area (Å²) >= 11 is 0. The van der Waals surface area contributed by atoms with Crippen LogP contribution in [-0.2, 0) is 9.53 Å². The van der Waals surface area contributed by atoms with Gasteiger partial charge in [-0.3, -0.25) is 9.69 Å². The van der Waals surface area contributed by atoms with E-state index >= 15 is 0 Å². The molecule has 0 aliphatic carbocycles. The first-order chi connectivity index (χ1) is 17.8. The summed E-state index contributed by atoms with van der Waals surface area (Å²) in [6.45, 7) is 10.8. The van der Waals surface area contributed by atoms with Gasteiger partial charge in [-0.15, -0.1) is 0 Å². The van der Waals surface area contributed by atoms with Crippen LogP contribution in [0.25, 0.3) is 0 Å². The average molecular weight is 528 g/mol. The third-order valence-electron chi connectivity index (χ3n) is 7.29. The Hall–Kier alpha value is -2.94. The maximum atomic E-state index is 13.3. The summed E-state index contributed by atoms with van der Waals surface area (Å²) in [7, 11) is -1.69. The standard InChI is InChI=1S/C27H38BFN4O5/c1-26(2)11-13-33(18-26)27(3,4)14-20(16-30)24(34)32-12-5-6-22(17-32)38-25(35)31-23(15-28(36)37)19-7-9-21(29)10-8-19/h7-10,14,22-23,36-37H,5-6,11-13,15,17-18H2,1-4H3,(H,31,35)/t22-,23+/m0/s1. The van der Waals surface area contributed by atoms with Crippen molar-refractivity contribution in [2.75, 3.05) is 26.2 Å². The maximum Gasteiger partial charge on any atom is 0.453 e. The molecule has 38 heavy (non-hydrogen) atoms. The molecular formula is C27H38BFN4O5. The van der Waals surface area contributed by atoms with Crippen molar-refractivity contribution in [3.05, 3.63) is 47.3 Å². The number of hydrogen-bond acceptors (Lipinski definition) is 7. The fourth-order valence-corrected chi connectivity index (χ4v) is 5.09. The predicted molar refractivity (Wildman–Crippen MR) is 141 cm³/mol. The maximum absolute atomic E-state index is 13.3. The molecule has 0 spiro atoms. The average Bonchev–Trinajstić information content (AvgIpc) is 3.22. The summed E-state index contributed by atoms with van der Waals surface area (Å²) in [6, 6.07) is 6.59. The van der Waals surface area contributed by atoms with Gasteiger partial charge in [0.15, 0.2) is 0 Å². The second-order valence-electron chi connectivity index (χ2n) is 11.5. The summed E-state index contributed by atoms with van der Waals surface area (Å²) < 4.78 is 18.9. The van der Waals surface area contributed by atoms with E-state index in [-0.39, 0.29) is 29.8 Å². The number of benzene rings is 1. The second kappa shape index (κ2) is 12.3. The third kappa shape index (κ3) is 8.03. The molecule has 0 saturated carbocycles. The van der Waals surface area contributed by atoms with Crippen LogP contribution in [0, 0.1) is 22.6 Å². The highest BCUT2D eigenvalue weighted by Crippen LogP contribution is 2.34. The van der Waals surface area contributed by atoms with Crippen molar-refractivity contribution >= 4 is 19.1 Å². The van der Waals surface area contributed by atoms with Gasteiger partial charge in [-0.2, -0.15) is 5.26 Å². The van der Waals surface area contributed by atoms with Gasteiger partial charge in [0.1, 0.15) is 23.6 Å². The van der Waals surface area contributed by atoms with Crippen molar-refractivity contribution in [3.63, 3.8) is 0 Å². The summed E-state index contributed by atoms with van der Waals surface area (Å²) in [4.78, 5) is 29.7. The summed E-state index contributed by atoms with van der Waals surface area (Å²) in [6.07, 6.45) is 2.34. The Morgan fingerprint density at radius 2 is 2.00 bits per heavy atom. The number of likely N-dealkylation sites (tertiary alicyclic amines) is 2. The van der Waals surface area contributed by atoms with E-state index in [1.54, 1.807) is 6.08 Å². The molecule has 2 amide bonds. The summed E-state index contributed by atoms with van der Waals surface area (Å²) in [5.41, 5.74) is 0.278. The van der Waals surface area contributed by atoms with Crippen LogP contribution >= 0.6 is 0 Å². The van der Waals surface area contributed by atoms with E-state index in [0.717, 1.165) is 19.5 Å². The highest BCUT2D eigenvalue weighted by molar-refractivity contribution is 6.41. The number of halogens is 1. The van der Waals surface area contributed by atoms with Crippen molar-refractivity contribution in [2.45, 2.75) is 71.0 Å². The van der Waals surface area contributed by atoms with Gasteiger partial charge >= 0.3 is 13.2 Å². The number of nitrogens with one attached hydrogen (secondary N) is 1. The number of amides is 2. The van der Waals surface area contributed by atoms with Crippen LogP contribution in [-0.4, -0.2) is 76.8 Å². The Labute approximate surface area is 224 Å². The van der Waals surface area contributed by atoms with Gasteiger partial charge in [0.25, 0.3) is 5.91 Å². The van der Waals surface area contributed by atoms with Crippen molar-refractivity contribution < 1.29 is 28.8 Å². The van der Waals surface area contributed by atoms with E-state index < -0.39 is 36.7 Å². The van der Waals surface area contributed by atoms with Gasteiger partial charge in [0, 0.05) is 24.9 Å². The van der Waals surface area contributed by atoms with Gasteiger partial charge in [0.2, 0.25) is 0 Å². The summed E-state index contributed by atoms with van der Waals surface area (Å²) in [5, 5.41) is 31.3. The number of carbonyl (C=O) groups excluding carboxylic acids is 2. The van der Waals surface area contributed by atoms with Gasteiger partial charge in [-0.1, -0.05) is 26.0 Å². The first-order valence-electron chi connectivity index (χ1n) is 13.1. The Kier molecular flexibility index (Phi) is 9.57. The molecule has 2 fully saturated rings. The number of hydrogen-bond donors (Lipinski definition) is 3. The molecule has 1 aromatic carbocycles. The Morgan fingerprint density at radius 3 is 2.58 bits per heavy atom. The highest BCUT2D eigenvalue weighted by atomic mass is 19.1. The molecule has 0 aromatic heterocycles. The number of ether oxygens (including phenoxy) is 1. The molecule has 11 heteroatoms. The lowest BCUT2D eigenvalue weighted by Crippen LogP contribution is -2.46. The molecule has 0 radical (unpaired) electrons.